The van der Waals surface area contributed by atoms with Gasteiger partial charge in [0.25, 0.3) is 0 Å². The monoisotopic (exact) mass is 243 g/mol. The highest BCUT2D eigenvalue weighted by Gasteiger charge is 2.08. The molecule has 98 valence electrons. The highest BCUT2D eigenvalue weighted by molar-refractivity contribution is 5.61. The Morgan fingerprint density at radius 2 is 1.78 bits per heavy atom. The molecule has 0 N–H and O–H groups in total. The second-order valence-corrected chi connectivity index (χ2v) is 5.48. The molecule has 2 rings (SSSR count). The first-order valence-electron chi connectivity index (χ1n) is 7.23. The van der Waals surface area contributed by atoms with Crippen LogP contribution in [0.25, 0.3) is 5.57 Å². The van der Waals surface area contributed by atoms with Crippen molar-refractivity contribution in [1.29, 1.82) is 0 Å². The molecule has 1 saturated heterocycles. The van der Waals surface area contributed by atoms with Gasteiger partial charge in [0.15, 0.2) is 0 Å². The minimum Gasteiger partial charge on any atom is -0.303 e. The van der Waals surface area contributed by atoms with Crippen LogP contribution in [0.1, 0.15) is 43.7 Å². The van der Waals surface area contributed by atoms with Crippen LogP contribution in [0.5, 0.6) is 0 Å². The van der Waals surface area contributed by atoms with Gasteiger partial charge in [-0.3, -0.25) is 0 Å². The first-order valence-corrected chi connectivity index (χ1v) is 7.23. The maximum absolute atomic E-state index is 3.97. The molecule has 0 unspecified atom stereocenters. The SMILES string of the molecule is C=C(C)c1ccc(CCCN2CCCCC2)cc1. The number of hydrogen-bond acceptors (Lipinski definition) is 1. The fourth-order valence-corrected chi connectivity index (χ4v) is 2.65. The number of rotatable bonds is 5. The van der Waals surface area contributed by atoms with Crippen molar-refractivity contribution in [1.82, 2.24) is 4.90 Å². The third kappa shape index (κ3) is 3.99. The van der Waals surface area contributed by atoms with Gasteiger partial charge in [-0.25, -0.2) is 0 Å². The van der Waals surface area contributed by atoms with Crippen LogP contribution in [0.3, 0.4) is 0 Å². The summed E-state index contributed by atoms with van der Waals surface area (Å²) in [6, 6.07) is 8.89. The van der Waals surface area contributed by atoms with Gasteiger partial charge in [-0.05, 0) is 63.4 Å². The van der Waals surface area contributed by atoms with Gasteiger partial charge in [-0.2, -0.15) is 0 Å². The predicted molar refractivity (Wildman–Crippen MR) is 79.8 cm³/mol. The molecule has 0 spiro atoms. The van der Waals surface area contributed by atoms with E-state index in [9.17, 15) is 0 Å². The summed E-state index contributed by atoms with van der Waals surface area (Å²) in [6.45, 7) is 9.93. The summed E-state index contributed by atoms with van der Waals surface area (Å²) in [5.41, 5.74) is 3.86. The second kappa shape index (κ2) is 6.75. The van der Waals surface area contributed by atoms with Crippen molar-refractivity contribution in [2.45, 2.75) is 39.0 Å². The molecule has 0 aliphatic carbocycles. The Hall–Kier alpha value is -1.08. The Balaban J connectivity index is 1.74. The lowest BCUT2D eigenvalue weighted by Crippen LogP contribution is -2.30. The maximum atomic E-state index is 3.97. The van der Waals surface area contributed by atoms with Gasteiger partial charge < -0.3 is 4.90 Å². The second-order valence-electron chi connectivity index (χ2n) is 5.48. The van der Waals surface area contributed by atoms with Crippen LogP contribution in [-0.4, -0.2) is 24.5 Å². The predicted octanol–water partition coefficient (Wildman–Crippen LogP) is 4.14. The number of benzene rings is 1. The summed E-state index contributed by atoms with van der Waals surface area (Å²) in [5.74, 6) is 0. The van der Waals surface area contributed by atoms with E-state index in [-0.39, 0.29) is 0 Å². The van der Waals surface area contributed by atoms with E-state index < -0.39 is 0 Å². The van der Waals surface area contributed by atoms with Gasteiger partial charge in [-0.15, -0.1) is 0 Å². The Morgan fingerprint density at radius 3 is 2.39 bits per heavy atom. The number of hydrogen-bond donors (Lipinski definition) is 0. The summed E-state index contributed by atoms with van der Waals surface area (Å²) in [6.07, 6.45) is 6.71. The lowest BCUT2D eigenvalue weighted by Gasteiger charge is -2.26. The van der Waals surface area contributed by atoms with Crippen molar-refractivity contribution in [3.05, 3.63) is 42.0 Å². The van der Waals surface area contributed by atoms with Crippen LogP contribution in [0.4, 0.5) is 0 Å². The highest BCUT2D eigenvalue weighted by Crippen LogP contribution is 2.14. The molecule has 1 aliphatic heterocycles. The molecular formula is C17H25N. The van der Waals surface area contributed by atoms with Crippen LogP contribution < -0.4 is 0 Å². The first-order chi connectivity index (χ1) is 8.75. The standard InChI is InChI=1S/C17H25N/c1-15(2)17-10-8-16(9-11-17)7-6-14-18-12-4-3-5-13-18/h8-11H,1,3-7,12-14H2,2H3. The maximum Gasteiger partial charge on any atom is -0.00156 e. The molecule has 1 nitrogen and oxygen atoms in total. The van der Waals surface area contributed by atoms with Gasteiger partial charge in [0.1, 0.15) is 0 Å². The third-order valence-corrected chi connectivity index (χ3v) is 3.84. The van der Waals surface area contributed by atoms with Gasteiger partial charge in [0.05, 0.1) is 0 Å². The van der Waals surface area contributed by atoms with Gasteiger partial charge in [-0.1, -0.05) is 42.8 Å². The Kier molecular flexibility index (Phi) is 5.00. The van der Waals surface area contributed by atoms with Crippen molar-refractivity contribution in [2.24, 2.45) is 0 Å². The van der Waals surface area contributed by atoms with Crippen molar-refractivity contribution < 1.29 is 0 Å². The van der Waals surface area contributed by atoms with Crippen LogP contribution in [0.15, 0.2) is 30.8 Å². The van der Waals surface area contributed by atoms with Gasteiger partial charge >= 0.3 is 0 Å². The molecule has 0 amide bonds. The zero-order valence-corrected chi connectivity index (χ0v) is 11.6. The van der Waals surface area contributed by atoms with Crippen LogP contribution in [-0.2, 0) is 6.42 Å². The lowest BCUT2D eigenvalue weighted by molar-refractivity contribution is 0.226. The average molecular weight is 243 g/mol. The van der Waals surface area contributed by atoms with Crippen molar-refractivity contribution in [2.75, 3.05) is 19.6 Å². The van der Waals surface area contributed by atoms with Gasteiger partial charge in [0, 0.05) is 0 Å². The molecular weight excluding hydrogens is 218 g/mol. The minimum absolute atomic E-state index is 1.15. The molecule has 1 heteroatoms. The molecule has 0 bridgehead atoms. The fourth-order valence-electron chi connectivity index (χ4n) is 2.65. The molecule has 1 fully saturated rings. The van der Waals surface area contributed by atoms with Crippen molar-refractivity contribution in [3.8, 4) is 0 Å². The summed E-state index contributed by atoms with van der Waals surface area (Å²) in [5, 5.41) is 0. The Morgan fingerprint density at radius 1 is 1.11 bits per heavy atom. The van der Waals surface area contributed by atoms with Crippen LogP contribution in [0.2, 0.25) is 0 Å². The summed E-state index contributed by atoms with van der Waals surface area (Å²) >= 11 is 0. The molecule has 1 aromatic carbocycles. The van der Waals surface area contributed by atoms with E-state index in [1.54, 1.807) is 0 Å². The summed E-state index contributed by atoms with van der Waals surface area (Å²) in [4.78, 5) is 2.62. The lowest BCUT2D eigenvalue weighted by atomic mass is 10.0. The number of likely N-dealkylation sites (tertiary alicyclic amines) is 1. The van der Waals surface area contributed by atoms with E-state index in [0.29, 0.717) is 0 Å². The first kappa shape index (κ1) is 13.4. The average Bonchev–Trinajstić information content (AvgIpc) is 2.40. The highest BCUT2D eigenvalue weighted by atomic mass is 15.1. The fraction of sp³-hybridized carbons (Fsp3) is 0.529. The van der Waals surface area contributed by atoms with Gasteiger partial charge in [0.2, 0.25) is 0 Å². The topological polar surface area (TPSA) is 3.24 Å². The zero-order valence-electron chi connectivity index (χ0n) is 11.6. The number of nitrogens with zero attached hydrogens (tertiary/aromatic N) is 1. The third-order valence-electron chi connectivity index (χ3n) is 3.84. The summed E-state index contributed by atoms with van der Waals surface area (Å²) < 4.78 is 0. The number of allylic oxidation sites excluding steroid dienone is 1. The van der Waals surface area contributed by atoms with Crippen molar-refractivity contribution >= 4 is 5.57 Å². The number of aryl methyl sites for hydroxylation is 1. The quantitative estimate of drug-likeness (QED) is 0.751. The smallest absolute Gasteiger partial charge is 0.00156 e. The largest absolute Gasteiger partial charge is 0.303 e. The van der Waals surface area contributed by atoms with E-state index in [4.69, 9.17) is 0 Å². The number of piperidine rings is 1. The van der Waals surface area contributed by atoms with E-state index in [1.165, 1.54) is 62.9 Å². The van der Waals surface area contributed by atoms with Crippen LogP contribution >= 0.6 is 0 Å². The van der Waals surface area contributed by atoms with E-state index in [1.807, 2.05) is 0 Å². The molecule has 18 heavy (non-hydrogen) atoms. The normalized spacial score (nSPS) is 16.7. The molecule has 0 atom stereocenters. The van der Waals surface area contributed by atoms with E-state index in [2.05, 4.69) is 42.7 Å². The van der Waals surface area contributed by atoms with E-state index in [0.717, 1.165) is 5.57 Å². The van der Waals surface area contributed by atoms with Crippen molar-refractivity contribution in [3.63, 3.8) is 0 Å². The molecule has 0 saturated carbocycles. The van der Waals surface area contributed by atoms with E-state index >= 15 is 0 Å². The molecule has 0 aromatic heterocycles. The zero-order chi connectivity index (χ0) is 12.8. The molecule has 0 radical (unpaired) electrons. The van der Waals surface area contributed by atoms with Crippen LogP contribution in [0, 0.1) is 0 Å². The Labute approximate surface area is 112 Å². The molecule has 1 aliphatic rings. The summed E-state index contributed by atoms with van der Waals surface area (Å²) in [7, 11) is 0. The molecule has 1 heterocycles. The minimum atomic E-state index is 1.15. The molecule has 1 aromatic rings. The Bertz CT molecular complexity index is 371.